The number of primary amides is 1. The molecule has 0 saturated heterocycles. The smallest absolute Gasteiger partial charge is 0.286 e. The van der Waals surface area contributed by atoms with Gasteiger partial charge >= 0.3 is 0 Å². The monoisotopic (exact) mass is 327 g/mol. The first-order valence-corrected chi connectivity index (χ1v) is 8.00. The van der Waals surface area contributed by atoms with Crippen LogP contribution in [-0.2, 0) is 13.1 Å². The Morgan fingerprint density at radius 3 is 2.87 bits per heavy atom. The Morgan fingerprint density at radius 2 is 2.04 bits per heavy atom. The maximum atomic E-state index is 12.7. The lowest BCUT2D eigenvalue weighted by atomic mass is 10.1. The summed E-state index contributed by atoms with van der Waals surface area (Å²) in [5.74, 6) is 0.0706. The molecule has 7 nitrogen and oxygen atoms in total. The van der Waals surface area contributed by atoms with Gasteiger partial charge in [-0.25, -0.2) is 0 Å². The van der Waals surface area contributed by atoms with E-state index in [1.54, 1.807) is 20.8 Å². The fraction of sp³-hybridized carbons (Fsp3) is 0.200. The van der Waals surface area contributed by atoms with Crippen molar-refractivity contribution in [2.75, 3.05) is 6.54 Å². The second-order valence-electron chi connectivity index (χ2n) is 5.36. The van der Waals surface area contributed by atoms with Gasteiger partial charge in [0.05, 0.1) is 6.54 Å². The maximum Gasteiger partial charge on any atom is 0.286 e. The zero-order valence-electron chi connectivity index (χ0n) is 12.1. The van der Waals surface area contributed by atoms with Crippen molar-refractivity contribution in [3.63, 3.8) is 0 Å². The first-order valence-electron chi connectivity index (χ1n) is 7.12. The summed E-state index contributed by atoms with van der Waals surface area (Å²) in [4.78, 5) is 25.7. The van der Waals surface area contributed by atoms with Gasteiger partial charge in [-0.2, -0.15) is 0 Å². The molecular weight excluding hydrogens is 314 g/mol. The van der Waals surface area contributed by atoms with Crippen molar-refractivity contribution in [1.82, 2.24) is 19.7 Å². The highest BCUT2D eigenvalue weighted by molar-refractivity contribution is 7.17. The van der Waals surface area contributed by atoms with Gasteiger partial charge in [0.15, 0.2) is 5.82 Å². The minimum Gasteiger partial charge on any atom is -0.363 e. The van der Waals surface area contributed by atoms with Crippen molar-refractivity contribution in [2.24, 2.45) is 5.73 Å². The van der Waals surface area contributed by atoms with Crippen LogP contribution in [0.5, 0.6) is 0 Å². The van der Waals surface area contributed by atoms with Gasteiger partial charge < -0.3 is 15.2 Å². The van der Waals surface area contributed by atoms with Crippen LogP contribution in [0.4, 0.5) is 0 Å². The lowest BCUT2D eigenvalue weighted by molar-refractivity contribution is 0.0706. The normalized spacial score (nSPS) is 14.0. The van der Waals surface area contributed by atoms with Gasteiger partial charge in [0.25, 0.3) is 11.8 Å². The Morgan fingerprint density at radius 1 is 1.17 bits per heavy atom. The summed E-state index contributed by atoms with van der Waals surface area (Å²) in [6, 6.07) is 7.71. The number of nitrogens with two attached hydrogens (primary N) is 1. The molecule has 2 N–H and O–H groups in total. The van der Waals surface area contributed by atoms with Crippen LogP contribution in [0, 0.1) is 0 Å². The largest absolute Gasteiger partial charge is 0.363 e. The molecule has 4 rings (SSSR count). The van der Waals surface area contributed by atoms with Crippen LogP contribution in [0.1, 0.15) is 26.8 Å². The fourth-order valence-corrected chi connectivity index (χ4v) is 3.57. The SMILES string of the molecule is NC(=O)c1nnc2n1CCN(C(=O)c1ccc3sccc3c1)C2. The molecule has 0 spiro atoms. The molecular formula is C15H13N5O2S. The molecule has 0 fully saturated rings. The van der Waals surface area contributed by atoms with Gasteiger partial charge in [-0.05, 0) is 35.0 Å². The Bertz CT molecular complexity index is 929. The predicted octanol–water partition coefficient (Wildman–Crippen LogP) is 1.25. The van der Waals surface area contributed by atoms with Crippen LogP contribution < -0.4 is 5.73 Å². The zero-order valence-corrected chi connectivity index (χ0v) is 12.9. The van der Waals surface area contributed by atoms with E-state index in [1.165, 1.54) is 0 Å². The van der Waals surface area contributed by atoms with Crippen molar-refractivity contribution in [1.29, 1.82) is 0 Å². The first kappa shape index (κ1) is 13.9. The van der Waals surface area contributed by atoms with Gasteiger partial charge in [-0.1, -0.05) is 0 Å². The molecule has 0 unspecified atom stereocenters. The molecule has 3 heterocycles. The molecule has 1 aromatic carbocycles. The molecule has 0 bridgehead atoms. The summed E-state index contributed by atoms with van der Waals surface area (Å²) in [7, 11) is 0. The van der Waals surface area contributed by atoms with E-state index in [2.05, 4.69) is 10.2 Å². The number of carbonyl (C=O) groups excluding carboxylic acids is 2. The number of hydrogen-bond acceptors (Lipinski definition) is 5. The number of benzene rings is 1. The standard InChI is InChI=1S/C15H13N5O2S/c16-13(21)14-18-17-12-8-19(4-5-20(12)14)15(22)10-1-2-11-9(7-10)3-6-23-11/h1-3,6-7H,4-5,8H2,(H2,16,21). The minimum absolute atomic E-state index is 0.0482. The zero-order chi connectivity index (χ0) is 16.0. The summed E-state index contributed by atoms with van der Waals surface area (Å²) in [5, 5.41) is 10.8. The third-order valence-corrected chi connectivity index (χ3v) is 4.86. The van der Waals surface area contributed by atoms with Crippen LogP contribution in [0.2, 0.25) is 0 Å². The molecule has 8 heteroatoms. The Balaban J connectivity index is 1.61. The molecule has 1 aliphatic heterocycles. The molecule has 23 heavy (non-hydrogen) atoms. The highest BCUT2D eigenvalue weighted by Crippen LogP contribution is 2.23. The molecule has 2 aromatic heterocycles. The number of nitrogens with zero attached hydrogens (tertiary/aromatic N) is 4. The molecule has 0 radical (unpaired) electrons. The summed E-state index contributed by atoms with van der Waals surface area (Å²) in [5.41, 5.74) is 5.92. The minimum atomic E-state index is -0.605. The Labute approximate surface area is 135 Å². The van der Waals surface area contributed by atoms with E-state index >= 15 is 0 Å². The van der Waals surface area contributed by atoms with Crippen LogP contribution in [0.25, 0.3) is 10.1 Å². The molecule has 0 saturated carbocycles. The maximum absolute atomic E-state index is 12.7. The number of carbonyl (C=O) groups is 2. The third kappa shape index (κ3) is 2.27. The highest BCUT2D eigenvalue weighted by atomic mass is 32.1. The molecule has 2 amide bonds. The van der Waals surface area contributed by atoms with Crippen LogP contribution in [0.15, 0.2) is 29.6 Å². The van der Waals surface area contributed by atoms with E-state index in [1.807, 2.05) is 29.6 Å². The lowest BCUT2D eigenvalue weighted by Crippen LogP contribution is -2.39. The highest BCUT2D eigenvalue weighted by Gasteiger charge is 2.26. The molecule has 3 aromatic rings. The van der Waals surface area contributed by atoms with Crippen molar-refractivity contribution in [3.05, 3.63) is 46.9 Å². The van der Waals surface area contributed by atoms with Gasteiger partial charge in [-0.15, -0.1) is 21.5 Å². The summed E-state index contributed by atoms with van der Waals surface area (Å²) < 4.78 is 2.83. The average molecular weight is 327 g/mol. The molecule has 0 aliphatic carbocycles. The van der Waals surface area contributed by atoms with Gasteiger partial charge in [0, 0.05) is 23.4 Å². The molecule has 1 aliphatic rings. The third-order valence-electron chi connectivity index (χ3n) is 3.96. The van der Waals surface area contributed by atoms with Crippen molar-refractivity contribution in [2.45, 2.75) is 13.1 Å². The second-order valence-corrected chi connectivity index (χ2v) is 6.30. The number of fused-ring (bicyclic) bond motifs is 2. The van der Waals surface area contributed by atoms with E-state index < -0.39 is 5.91 Å². The summed E-state index contributed by atoms with van der Waals surface area (Å²) in [6.45, 7) is 1.28. The van der Waals surface area contributed by atoms with E-state index in [4.69, 9.17) is 5.73 Å². The summed E-state index contributed by atoms with van der Waals surface area (Å²) >= 11 is 1.65. The average Bonchev–Trinajstić information content (AvgIpc) is 3.19. The lowest BCUT2D eigenvalue weighted by Gasteiger charge is -2.27. The van der Waals surface area contributed by atoms with E-state index in [9.17, 15) is 9.59 Å². The summed E-state index contributed by atoms with van der Waals surface area (Å²) in [6.07, 6.45) is 0. The van der Waals surface area contributed by atoms with Crippen molar-refractivity contribution < 1.29 is 9.59 Å². The fourth-order valence-electron chi connectivity index (χ4n) is 2.80. The Kier molecular flexibility index (Phi) is 3.12. The number of thiophene rings is 1. The second kappa shape index (κ2) is 5.17. The number of amides is 2. The predicted molar refractivity (Wildman–Crippen MR) is 85.1 cm³/mol. The van der Waals surface area contributed by atoms with Crippen molar-refractivity contribution in [3.8, 4) is 0 Å². The quantitative estimate of drug-likeness (QED) is 0.766. The topological polar surface area (TPSA) is 94.1 Å². The van der Waals surface area contributed by atoms with E-state index in [0.717, 1.165) is 10.1 Å². The number of hydrogen-bond donors (Lipinski definition) is 1. The van der Waals surface area contributed by atoms with Gasteiger partial charge in [0.1, 0.15) is 0 Å². The molecule has 116 valence electrons. The molecule has 0 atom stereocenters. The van der Waals surface area contributed by atoms with Gasteiger partial charge in [-0.3, -0.25) is 9.59 Å². The van der Waals surface area contributed by atoms with E-state index in [-0.39, 0.29) is 11.7 Å². The van der Waals surface area contributed by atoms with Crippen LogP contribution in [-0.4, -0.2) is 38.0 Å². The Hall–Kier alpha value is -2.74. The number of rotatable bonds is 2. The first-order chi connectivity index (χ1) is 11.1. The van der Waals surface area contributed by atoms with Crippen LogP contribution in [0.3, 0.4) is 0 Å². The van der Waals surface area contributed by atoms with E-state index in [0.29, 0.717) is 31.0 Å². The number of aromatic nitrogens is 3. The van der Waals surface area contributed by atoms with Crippen LogP contribution >= 0.6 is 11.3 Å². The van der Waals surface area contributed by atoms with Crippen molar-refractivity contribution >= 4 is 33.2 Å². The van der Waals surface area contributed by atoms with Gasteiger partial charge in [0.2, 0.25) is 5.82 Å².